The summed E-state index contributed by atoms with van der Waals surface area (Å²) in [6.45, 7) is 3.49. The van der Waals surface area contributed by atoms with Crippen LogP contribution in [0, 0.1) is 6.92 Å². The summed E-state index contributed by atoms with van der Waals surface area (Å²) in [5.74, 6) is -0.396. The summed E-state index contributed by atoms with van der Waals surface area (Å²) >= 11 is 1.65. The lowest BCUT2D eigenvalue weighted by atomic mass is 10.1. The Balaban J connectivity index is 1.85. The maximum absolute atomic E-state index is 10.9. The maximum Gasteiger partial charge on any atom is 0.248 e. The molecule has 0 unspecified atom stereocenters. The van der Waals surface area contributed by atoms with Gasteiger partial charge in [-0.25, -0.2) is 4.98 Å². The molecule has 0 atom stereocenters. The minimum atomic E-state index is -0.396. The Morgan fingerprint density at radius 3 is 2.61 bits per heavy atom. The first kappa shape index (κ1) is 12.7. The van der Waals surface area contributed by atoms with E-state index in [-0.39, 0.29) is 0 Å². The highest BCUT2D eigenvalue weighted by molar-refractivity contribution is 7.09. The van der Waals surface area contributed by atoms with E-state index >= 15 is 0 Å². The topological polar surface area (TPSA) is 68.0 Å². The predicted molar refractivity (Wildman–Crippen MR) is 72.4 cm³/mol. The van der Waals surface area contributed by atoms with E-state index in [1.54, 1.807) is 23.5 Å². The standard InChI is InChI=1S/C13H15N3OS/c1-9-16-12(8-18-9)7-15-6-10-2-4-11(5-3-10)13(14)17/h2-5,8,15H,6-7H2,1H3,(H2,14,17). The zero-order valence-corrected chi connectivity index (χ0v) is 11.0. The third-order valence-corrected chi connectivity index (χ3v) is 3.36. The van der Waals surface area contributed by atoms with Gasteiger partial charge < -0.3 is 11.1 Å². The Morgan fingerprint density at radius 1 is 1.33 bits per heavy atom. The van der Waals surface area contributed by atoms with E-state index < -0.39 is 5.91 Å². The van der Waals surface area contributed by atoms with Gasteiger partial charge in [-0.05, 0) is 24.6 Å². The second-order valence-corrected chi connectivity index (χ2v) is 5.08. The number of benzene rings is 1. The van der Waals surface area contributed by atoms with Crippen LogP contribution in [0.5, 0.6) is 0 Å². The van der Waals surface area contributed by atoms with E-state index in [4.69, 9.17) is 5.73 Å². The lowest BCUT2D eigenvalue weighted by molar-refractivity contribution is 0.100. The molecule has 1 aromatic heterocycles. The smallest absolute Gasteiger partial charge is 0.248 e. The van der Waals surface area contributed by atoms with Gasteiger partial charge in [-0.3, -0.25) is 4.79 Å². The fraction of sp³-hybridized carbons (Fsp3) is 0.231. The monoisotopic (exact) mass is 261 g/mol. The van der Waals surface area contributed by atoms with Gasteiger partial charge >= 0.3 is 0 Å². The van der Waals surface area contributed by atoms with Crippen LogP contribution in [0.25, 0.3) is 0 Å². The van der Waals surface area contributed by atoms with Gasteiger partial charge in [0.25, 0.3) is 0 Å². The summed E-state index contributed by atoms with van der Waals surface area (Å²) in [5, 5.41) is 6.44. The number of hydrogen-bond donors (Lipinski definition) is 2. The third kappa shape index (κ3) is 3.38. The maximum atomic E-state index is 10.9. The van der Waals surface area contributed by atoms with Crippen LogP contribution >= 0.6 is 11.3 Å². The van der Waals surface area contributed by atoms with Crippen molar-refractivity contribution in [3.8, 4) is 0 Å². The summed E-state index contributed by atoms with van der Waals surface area (Å²) in [5.41, 5.74) is 7.90. The fourth-order valence-corrected chi connectivity index (χ4v) is 2.22. The van der Waals surface area contributed by atoms with E-state index in [0.29, 0.717) is 5.56 Å². The number of primary amides is 1. The average molecular weight is 261 g/mol. The number of nitrogens with two attached hydrogens (primary N) is 1. The normalized spacial score (nSPS) is 10.5. The molecule has 18 heavy (non-hydrogen) atoms. The highest BCUT2D eigenvalue weighted by atomic mass is 32.1. The first-order valence-corrected chi connectivity index (χ1v) is 6.53. The Bertz CT molecular complexity index is 533. The van der Waals surface area contributed by atoms with Gasteiger partial charge in [0.2, 0.25) is 5.91 Å². The van der Waals surface area contributed by atoms with Crippen molar-refractivity contribution in [2.75, 3.05) is 0 Å². The zero-order chi connectivity index (χ0) is 13.0. The third-order valence-electron chi connectivity index (χ3n) is 2.54. The molecule has 1 amide bonds. The molecule has 1 aromatic carbocycles. The largest absolute Gasteiger partial charge is 0.366 e. The Labute approximate surface area is 110 Å². The van der Waals surface area contributed by atoms with E-state index in [1.807, 2.05) is 19.1 Å². The van der Waals surface area contributed by atoms with Crippen molar-refractivity contribution in [1.29, 1.82) is 0 Å². The van der Waals surface area contributed by atoms with Crippen LogP contribution in [-0.4, -0.2) is 10.9 Å². The molecule has 0 fully saturated rings. The second kappa shape index (κ2) is 5.75. The van der Waals surface area contributed by atoms with Gasteiger partial charge in [-0.2, -0.15) is 0 Å². The lowest BCUT2D eigenvalue weighted by Crippen LogP contribution is -2.14. The lowest BCUT2D eigenvalue weighted by Gasteiger charge is -2.03. The molecule has 0 radical (unpaired) electrons. The average Bonchev–Trinajstić information content (AvgIpc) is 2.76. The van der Waals surface area contributed by atoms with Crippen molar-refractivity contribution in [3.63, 3.8) is 0 Å². The molecule has 0 aliphatic carbocycles. The van der Waals surface area contributed by atoms with Gasteiger partial charge in [-0.15, -0.1) is 11.3 Å². The first-order chi connectivity index (χ1) is 8.65. The number of nitrogens with zero attached hydrogens (tertiary/aromatic N) is 1. The molecule has 0 saturated heterocycles. The number of nitrogens with one attached hydrogen (secondary N) is 1. The molecule has 4 nitrogen and oxygen atoms in total. The minimum Gasteiger partial charge on any atom is -0.366 e. The first-order valence-electron chi connectivity index (χ1n) is 5.65. The van der Waals surface area contributed by atoms with Crippen molar-refractivity contribution in [1.82, 2.24) is 10.3 Å². The molecule has 0 aliphatic heterocycles. The van der Waals surface area contributed by atoms with E-state index in [2.05, 4.69) is 15.7 Å². The van der Waals surface area contributed by atoms with Gasteiger partial charge in [0.05, 0.1) is 10.7 Å². The van der Waals surface area contributed by atoms with Crippen LogP contribution < -0.4 is 11.1 Å². The number of rotatable bonds is 5. The van der Waals surface area contributed by atoms with Crippen LogP contribution in [0.3, 0.4) is 0 Å². The molecule has 0 saturated carbocycles. The summed E-state index contributed by atoms with van der Waals surface area (Å²) < 4.78 is 0. The Kier molecular flexibility index (Phi) is 4.07. The molecule has 1 heterocycles. The van der Waals surface area contributed by atoms with Crippen molar-refractivity contribution in [3.05, 3.63) is 51.5 Å². The molecule has 2 aromatic rings. The number of hydrogen-bond acceptors (Lipinski definition) is 4. The van der Waals surface area contributed by atoms with Crippen molar-refractivity contribution in [2.45, 2.75) is 20.0 Å². The molecule has 2 rings (SSSR count). The van der Waals surface area contributed by atoms with E-state index in [1.165, 1.54) is 0 Å². The highest BCUT2D eigenvalue weighted by Crippen LogP contribution is 2.08. The number of aromatic nitrogens is 1. The van der Waals surface area contributed by atoms with Crippen LogP contribution in [-0.2, 0) is 13.1 Å². The summed E-state index contributed by atoms with van der Waals surface area (Å²) in [6, 6.07) is 7.29. The van der Waals surface area contributed by atoms with Gasteiger partial charge in [0.1, 0.15) is 0 Å². The number of carbonyl (C=O) groups is 1. The Morgan fingerprint density at radius 2 is 2.06 bits per heavy atom. The van der Waals surface area contributed by atoms with Crippen LogP contribution in [0.4, 0.5) is 0 Å². The SMILES string of the molecule is Cc1nc(CNCc2ccc(C(N)=O)cc2)cs1. The molecule has 0 aliphatic rings. The van der Waals surface area contributed by atoms with Gasteiger partial charge in [0.15, 0.2) is 0 Å². The fourth-order valence-electron chi connectivity index (χ4n) is 1.61. The highest BCUT2D eigenvalue weighted by Gasteiger charge is 2.00. The minimum absolute atomic E-state index is 0.396. The number of carbonyl (C=O) groups excluding carboxylic acids is 1. The number of aryl methyl sites for hydroxylation is 1. The van der Waals surface area contributed by atoms with Gasteiger partial charge in [0, 0.05) is 24.0 Å². The van der Waals surface area contributed by atoms with Crippen LogP contribution in [0.1, 0.15) is 26.6 Å². The molecular weight excluding hydrogens is 246 g/mol. The quantitative estimate of drug-likeness (QED) is 0.863. The molecule has 5 heteroatoms. The summed E-state index contributed by atoms with van der Waals surface area (Å²) in [6.07, 6.45) is 0. The predicted octanol–water partition coefficient (Wildman–Crippen LogP) is 1.84. The zero-order valence-electron chi connectivity index (χ0n) is 10.1. The van der Waals surface area contributed by atoms with E-state index in [0.717, 1.165) is 29.4 Å². The van der Waals surface area contributed by atoms with Crippen LogP contribution in [0.2, 0.25) is 0 Å². The Hall–Kier alpha value is -1.72. The molecule has 0 bridgehead atoms. The van der Waals surface area contributed by atoms with Gasteiger partial charge in [-0.1, -0.05) is 12.1 Å². The second-order valence-electron chi connectivity index (χ2n) is 4.02. The molecule has 94 valence electrons. The van der Waals surface area contributed by atoms with Crippen molar-refractivity contribution < 1.29 is 4.79 Å². The summed E-state index contributed by atoms with van der Waals surface area (Å²) in [7, 11) is 0. The van der Waals surface area contributed by atoms with Crippen molar-refractivity contribution >= 4 is 17.2 Å². The van der Waals surface area contributed by atoms with Crippen molar-refractivity contribution in [2.24, 2.45) is 5.73 Å². The van der Waals surface area contributed by atoms with E-state index in [9.17, 15) is 4.79 Å². The number of thiazole rings is 1. The number of amides is 1. The molecular formula is C13H15N3OS. The summed E-state index contributed by atoms with van der Waals surface area (Å²) in [4.78, 5) is 15.3. The molecule has 0 spiro atoms. The molecule has 3 N–H and O–H groups in total. The van der Waals surface area contributed by atoms with Crippen LogP contribution in [0.15, 0.2) is 29.6 Å².